The Labute approximate surface area is 103 Å². The van der Waals surface area contributed by atoms with Gasteiger partial charge in [0.05, 0.1) is 6.10 Å². The lowest BCUT2D eigenvalue weighted by molar-refractivity contribution is -0.132. The number of nitrogens with two attached hydrogens (primary N) is 1. The molecule has 0 radical (unpaired) electrons. The van der Waals surface area contributed by atoms with Crippen molar-refractivity contribution in [2.75, 3.05) is 6.54 Å². The maximum Gasteiger partial charge on any atom is 0.249 e. The number of amides is 1. The zero-order valence-corrected chi connectivity index (χ0v) is 10.7. The summed E-state index contributed by atoms with van der Waals surface area (Å²) in [6.07, 6.45) is 6.73. The third-order valence-electron chi connectivity index (χ3n) is 4.07. The summed E-state index contributed by atoms with van der Waals surface area (Å²) in [6.45, 7) is 2.56. The molecule has 4 nitrogen and oxygen atoms in total. The first-order chi connectivity index (χ1) is 8.20. The van der Waals surface area contributed by atoms with E-state index in [1.165, 1.54) is 25.7 Å². The van der Waals surface area contributed by atoms with Crippen LogP contribution in [0.3, 0.4) is 0 Å². The molecule has 98 valence electrons. The van der Waals surface area contributed by atoms with Gasteiger partial charge < -0.3 is 15.8 Å². The van der Waals surface area contributed by atoms with Gasteiger partial charge >= 0.3 is 0 Å². The maximum atomic E-state index is 12.0. The Kier molecular flexibility index (Phi) is 4.40. The minimum absolute atomic E-state index is 0.0386. The van der Waals surface area contributed by atoms with Gasteiger partial charge in [-0.15, -0.1) is 0 Å². The highest BCUT2D eigenvalue weighted by molar-refractivity contribution is 5.81. The summed E-state index contributed by atoms with van der Waals surface area (Å²) in [4.78, 5) is 12.0. The minimum atomic E-state index is -0.250. The van der Waals surface area contributed by atoms with Crippen LogP contribution in [0.4, 0.5) is 0 Å². The van der Waals surface area contributed by atoms with Gasteiger partial charge in [0.1, 0.15) is 6.10 Å². The molecule has 1 heterocycles. The van der Waals surface area contributed by atoms with Crippen LogP contribution in [0.25, 0.3) is 0 Å². The Morgan fingerprint density at radius 1 is 1.35 bits per heavy atom. The first-order valence-electron chi connectivity index (χ1n) is 6.86. The summed E-state index contributed by atoms with van der Waals surface area (Å²) in [5, 5.41) is 3.08. The number of carbonyl (C=O) groups is 1. The van der Waals surface area contributed by atoms with Crippen molar-refractivity contribution in [2.24, 2.45) is 11.7 Å². The second-order valence-corrected chi connectivity index (χ2v) is 5.41. The van der Waals surface area contributed by atoms with E-state index >= 15 is 0 Å². The van der Waals surface area contributed by atoms with Gasteiger partial charge in [-0.1, -0.05) is 12.8 Å². The highest BCUT2D eigenvalue weighted by Crippen LogP contribution is 2.28. The average Bonchev–Trinajstić information content (AvgIpc) is 2.96. The number of rotatable bonds is 4. The van der Waals surface area contributed by atoms with Gasteiger partial charge in [0.15, 0.2) is 0 Å². The molecule has 17 heavy (non-hydrogen) atoms. The van der Waals surface area contributed by atoms with Crippen molar-refractivity contribution in [2.45, 2.75) is 63.7 Å². The third-order valence-corrected chi connectivity index (χ3v) is 4.07. The molecular weight excluding hydrogens is 216 g/mol. The molecule has 2 rings (SSSR count). The van der Waals surface area contributed by atoms with Crippen LogP contribution in [-0.2, 0) is 9.53 Å². The molecule has 1 aliphatic carbocycles. The van der Waals surface area contributed by atoms with Crippen LogP contribution in [0, 0.1) is 5.92 Å². The van der Waals surface area contributed by atoms with Gasteiger partial charge in [-0.3, -0.25) is 4.79 Å². The van der Waals surface area contributed by atoms with Crippen LogP contribution in [0.1, 0.15) is 45.4 Å². The van der Waals surface area contributed by atoms with Crippen molar-refractivity contribution < 1.29 is 9.53 Å². The van der Waals surface area contributed by atoms with E-state index in [4.69, 9.17) is 10.5 Å². The van der Waals surface area contributed by atoms with Crippen molar-refractivity contribution in [3.63, 3.8) is 0 Å². The molecule has 1 amide bonds. The highest BCUT2D eigenvalue weighted by atomic mass is 16.5. The number of hydrogen-bond donors (Lipinski definition) is 2. The van der Waals surface area contributed by atoms with Crippen LogP contribution < -0.4 is 11.1 Å². The molecule has 2 aliphatic rings. The van der Waals surface area contributed by atoms with Crippen LogP contribution in [0.2, 0.25) is 0 Å². The molecule has 1 saturated heterocycles. The molecule has 1 aliphatic heterocycles. The third kappa shape index (κ3) is 3.19. The van der Waals surface area contributed by atoms with Gasteiger partial charge in [-0.25, -0.2) is 0 Å². The average molecular weight is 240 g/mol. The Hall–Kier alpha value is -0.610. The van der Waals surface area contributed by atoms with Crippen molar-refractivity contribution in [1.82, 2.24) is 5.32 Å². The molecule has 2 fully saturated rings. The molecule has 0 spiro atoms. The lowest BCUT2D eigenvalue weighted by Crippen LogP contribution is -2.48. The van der Waals surface area contributed by atoms with Crippen LogP contribution in [-0.4, -0.2) is 30.7 Å². The Bertz CT molecular complexity index is 264. The van der Waals surface area contributed by atoms with Crippen LogP contribution in [0.15, 0.2) is 0 Å². The Morgan fingerprint density at radius 2 is 2.06 bits per heavy atom. The van der Waals surface area contributed by atoms with E-state index in [1.807, 2.05) is 6.92 Å². The van der Waals surface area contributed by atoms with E-state index in [1.54, 1.807) is 0 Å². The SMILES string of the molecule is CC1CCC(C(=O)NC(CN)C2CCCC2)O1. The van der Waals surface area contributed by atoms with Gasteiger partial charge in [0.2, 0.25) is 5.91 Å². The second kappa shape index (κ2) is 5.83. The van der Waals surface area contributed by atoms with E-state index in [9.17, 15) is 4.79 Å². The van der Waals surface area contributed by atoms with Crippen molar-refractivity contribution in [1.29, 1.82) is 0 Å². The molecule has 4 heteroatoms. The Balaban J connectivity index is 1.83. The predicted octanol–water partition coefficient (Wildman–Crippen LogP) is 1.19. The fourth-order valence-corrected chi connectivity index (χ4v) is 3.00. The quantitative estimate of drug-likeness (QED) is 0.775. The number of hydrogen-bond acceptors (Lipinski definition) is 3. The predicted molar refractivity (Wildman–Crippen MR) is 66.5 cm³/mol. The van der Waals surface area contributed by atoms with Gasteiger partial charge in [-0.2, -0.15) is 0 Å². The van der Waals surface area contributed by atoms with Crippen molar-refractivity contribution >= 4 is 5.91 Å². The zero-order valence-electron chi connectivity index (χ0n) is 10.7. The number of carbonyl (C=O) groups excluding carboxylic acids is 1. The fraction of sp³-hybridized carbons (Fsp3) is 0.923. The molecule has 3 N–H and O–H groups in total. The molecule has 3 unspecified atom stereocenters. The van der Waals surface area contributed by atoms with Crippen LogP contribution >= 0.6 is 0 Å². The van der Waals surface area contributed by atoms with Crippen molar-refractivity contribution in [3.05, 3.63) is 0 Å². The molecule has 0 bridgehead atoms. The summed E-state index contributed by atoms with van der Waals surface area (Å²) in [5.74, 6) is 0.611. The van der Waals surface area contributed by atoms with Gasteiger partial charge in [-0.05, 0) is 38.5 Å². The van der Waals surface area contributed by atoms with E-state index < -0.39 is 0 Å². The maximum absolute atomic E-state index is 12.0. The van der Waals surface area contributed by atoms with Crippen LogP contribution in [0.5, 0.6) is 0 Å². The minimum Gasteiger partial charge on any atom is -0.365 e. The lowest BCUT2D eigenvalue weighted by Gasteiger charge is -2.24. The Morgan fingerprint density at radius 3 is 2.59 bits per heavy atom. The number of ether oxygens (including phenoxy) is 1. The van der Waals surface area contributed by atoms with Crippen molar-refractivity contribution in [3.8, 4) is 0 Å². The first-order valence-corrected chi connectivity index (χ1v) is 6.86. The highest BCUT2D eigenvalue weighted by Gasteiger charge is 2.31. The first kappa shape index (κ1) is 12.8. The van der Waals surface area contributed by atoms with E-state index in [-0.39, 0.29) is 24.2 Å². The lowest BCUT2D eigenvalue weighted by atomic mass is 9.98. The summed E-state index contributed by atoms with van der Waals surface area (Å²) < 4.78 is 5.58. The monoisotopic (exact) mass is 240 g/mol. The molecule has 0 aromatic rings. The summed E-state index contributed by atoms with van der Waals surface area (Å²) >= 11 is 0. The number of nitrogens with one attached hydrogen (secondary N) is 1. The summed E-state index contributed by atoms with van der Waals surface area (Å²) in [6, 6.07) is 0.143. The molecule has 0 aromatic carbocycles. The zero-order chi connectivity index (χ0) is 12.3. The topological polar surface area (TPSA) is 64.4 Å². The van der Waals surface area contributed by atoms with E-state index in [0.29, 0.717) is 12.5 Å². The molecule has 0 aromatic heterocycles. The normalized spacial score (nSPS) is 31.6. The summed E-state index contributed by atoms with van der Waals surface area (Å²) in [7, 11) is 0. The molecule has 3 atom stereocenters. The smallest absolute Gasteiger partial charge is 0.249 e. The van der Waals surface area contributed by atoms with E-state index in [2.05, 4.69) is 5.32 Å². The molecule has 1 saturated carbocycles. The summed E-state index contributed by atoms with van der Waals surface area (Å²) in [5.41, 5.74) is 5.77. The van der Waals surface area contributed by atoms with Gasteiger partial charge in [0.25, 0.3) is 0 Å². The largest absolute Gasteiger partial charge is 0.365 e. The second-order valence-electron chi connectivity index (χ2n) is 5.41. The standard InChI is InChI=1S/C13H24N2O2/c1-9-6-7-12(17-9)13(16)15-11(8-14)10-4-2-3-5-10/h9-12H,2-8,14H2,1H3,(H,15,16). The van der Waals surface area contributed by atoms with Gasteiger partial charge in [0, 0.05) is 12.6 Å². The van der Waals surface area contributed by atoms with E-state index in [0.717, 1.165) is 12.8 Å². The fourth-order valence-electron chi connectivity index (χ4n) is 3.00. The molecular formula is C13H24N2O2.